The topological polar surface area (TPSA) is 78.9 Å². The molecule has 0 atom stereocenters. The van der Waals surface area contributed by atoms with E-state index in [9.17, 15) is 4.79 Å². The van der Waals surface area contributed by atoms with Crippen molar-refractivity contribution < 1.29 is 13.9 Å². The van der Waals surface area contributed by atoms with Crippen LogP contribution in [0.4, 0.5) is 0 Å². The Morgan fingerprint density at radius 3 is 2.54 bits per heavy atom. The number of ether oxygens (including phenoxy) is 2. The van der Waals surface area contributed by atoms with Gasteiger partial charge in [0.15, 0.2) is 17.3 Å². The minimum Gasteiger partial charge on any atom is -0.493 e. The van der Waals surface area contributed by atoms with Crippen LogP contribution in [0.15, 0.2) is 113 Å². The van der Waals surface area contributed by atoms with Crippen molar-refractivity contribution in [3.05, 3.63) is 120 Å². The van der Waals surface area contributed by atoms with Crippen molar-refractivity contribution in [1.82, 2.24) is 9.66 Å². The Hall–Kier alpha value is -3.73. The number of fused-ring (bicyclic) bond motifs is 2. The van der Waals surface area contributed by atoms with Gasteiger partial charge in [-0.15, -0.1) is 0 Å². The molecule has 0 saturated carbocycles. The molecule has 2 heterocycles. The highest BCUT2D eigenvalue weighted by atomic mass is 79.9. The first-order valence-corrected chi connectivity index (χ1v) is 14.8. The Morgan fingerprint density at radius 1 is 0.951 bits per heavy atom. The molecule has 0 fully saturated rings. The number of para-hydroxylation sites is 1. The van der Waals surface area contributed by atoms with Gasteiger partial charge in [-0.05, 0) is 87.7 Å². The van der Waals surface area contributed by atoms with E-state index in [4.69, 9.17) is 18.9 Å². The zero-order chi connectivity index (χ0) is 28.5. The summed E-state index contributed by atoms with van der Waals surface area (Å²) in [5, 5.41) is 5.89. The summed E-state index contributed by atoms with van der Waals surface area (Å²) in [6.07, 6.45) is 1.58. The van der Waals surface area contributed by atoms with E-state index >= 15 is 0 Å². The lowest BCUT2D eigenvalue weighted by atomic mass is 10.2. The average Bonchev–Trinajstić information content (AvgIpc) is 3.39. The molecular formula is C31H20Br3N3O4. The molecule has 0 aliphatic rings. The summed E-state index contributed by atoms with van der Waals surface area (Å²) in [6.45, 7) is 0.366. The van der Waals surface area contributed by atoms with Crippen molar-refractivity contribution in [3.63, 3.8) is 0 Å². The first-order valence-electron chi connectivity index (χ1n) is 12.4. The van der Waals surface area contributed by atoms with Gasteiger partial charge in [0.1, 0.15) is 12.2 Å². The summed E-state index contributed by atoms with van der Waals surface area (Å²) in [6, 6.07) is 26.3. The number of hydrogen-bond acceptors (Lipinski definition) is 6. The fraction of sp³-hybridized carbons (Fsp3) is 0.0645. The van der Waals surface area contributed by atoms with E-state index in [-0.39, 0.29) is 11.4 Å². The second-order valence-electron chi connectivity index (χ2n) is 9.06. The molecule has 0 amide bonds. The van der Waals surface area contributed by atoms with Gasteiger partial charge in [-0.1, -0.05) is 56.1 Å². The highest BCUT2D eigenvalue weighted by molar-refractivity contribution is 9.11. The van der Waals surface area contributed by atoms with Gasteiger partial charge < -0.3 is 13.9 Å². The SMILES string of the molecule is COc1cc(C=Nn2c(-c3cc4cc(Br)ccc4o3)nc3ccccc3c2=O)cc(Br)c1OCc1ccc(Br)cc1. The molecule has 0 spiro atoms. The van der Waals surface area contributed by atoms with Crippen LogP contribution in [0.3, 0.4) is 0 Å². The number of aromatic nitrogens is 2. The number of methoxy groups -OCH3 is 1. The molecule has 0 radical (unpaired) electrons. The van der Waals surface area contributed by atoms with E-state index in [2.05, 4.69) is 52.9 Å². The predicted octanol–water partition coefficient (Wildman–Crippen LogP) is 8.57. The fourth-order valence-electron chi connectivity index (χ4n) is 4.33. The number of benzene rings is 4. The van der Waals surface area contributed by atoms with Gasteiger partial charge in [-0.25, -0.2) is 4.98 Å². The Kier molecular flexibility index (Phi) is 7.79. The van der Waals surface area contributed by atoms with Gasteiger partial charge in [0.2, 0.25) is 5.82 Å². The first-order chi connectivity index (χ1) is 19.9. The molecule has 6 aromatic rings. The van der Waals surface area contributed by atoms with Crippen LogP contribution < -0.4 is 15.0 Å². The Bertz CT molecular complexity index is 2000. The van der Waals surface area contributed by atoms with Crippen LogP contribution in [0.1, 0.15) is 11.1 Å². The monoisotopic (exact) mass is 735 g/mol. The van der Waals surface area contributed by atoms with Gasteiger partial charge >= 0.3 is 0 Å². The van der Waals surface area contributed by atoms with Gasteiger partial charge in [0.25, 0.3) is 5.56 Å². The largest absolute Gasteiger partial charge is 0.493 e. The molecule has 0 bridgehead atoms. The van der Waals surface area contributed by atoms with E-state index < -0.39 is 0 Å². The molecule has 41 heavy (non-hydrogen) atoms. The van der Waals surface area contributed by atoms with E-state index in [1.54, 1.807) is 37.6 Å². The Morgan fingerprint density at radius 2 is 1.73 bits per heavy atom. The van der Waals surface area contributed by atoms with Crippen molar-refractivity contribution in [2.24, 2.45) is 5.10 Å². The molecule has 7 nitrogen and oxygen atoms in total. The number of hydrogen-bond donors (Lipinski definition) is 0. The van der Waals surface area contributed by atoms with Crippen molar-refractivity contribution in [3.8, 4) is 23.1 Å². The summed E-state index contributed by atoms with van der Waals surface area (Å²) in [5.74, 6) is 1.79. The fourth-order valence-corrected chi connectivity index (χ4v) is 5.55. The number of nitrogens with zero attached hydrogens (tertiary/aromatic N) is 3. The maximum atomic E-state index is 13.6. The Labute approximate surface area is 259 Å². The van der Waals surface area contributed by atoms with Crippen LogP contribution in [-0.2, 0) is 6.61 Å². The zero-order valence-corrected chi connectivity index (χ0v) is 26.2. The average molecular weight is 738 g/mol. The summed E-state index contributed by atoms with van der Waals surface area (Å²) in [5.41, 5.74) is 2.61. The summed E-state index contributed by atoms with van der Waals surface area (Å²) in [4.78, 5) is 18.3. The number of furan rings is 1. The maximum absolute atomic E-state index is 13.6. The van der Waals surface area contributed by atoms with Gasteiger partial charge in [0, 0.05) is 14.3 Å². The lowest BCUT2D eigenvalue weighted by molar-refractivity contribution is 0.282. The molecule has 204 valence electrons. The normalized spacial score (nSPS) is 11.5. The molecule has 6 rings (SSSR count). The van der Waals surface area contributed by atoms with Crippen LogP contribution in [0.2, 0.25) is 0 Å². The van der Waals surface area contributed by atoms with Gasteiger partial charge in [-0.3, -0.25) is 4.79 Å². The third-order valence-electron chi connectivity index (χ3n) is 6.32. The predicted molar refractivity (Wildman–Crippen MR) is 171 cm³/mol. The molecule has 10 heteroatoms. The smallest absolute Gasteiger partial charge is 0.282 e. The van der Waals surface area contributed by atoms with Crippen molar-refractivity contribution >= 4 is 75.9 Å². The van der Waals surface area contributed by atoms with Crippen molar-refractivity contribution in [2.45, 2.75) is 6.61 Å². The third kappa shape index (κ3) is 5.72. The summed E-state index contributed by atoms with van der Waals surface area (Å²) < 4.78 is 21.6. The number of rotatable bonds is 7. The van der Waals surface area contributed by atoms with E-state index in [0.29, 0.717) is 50.4 Å². The quantitative estimate of drug-likeness (QED) is 0.154. The lowest BCUT2D eigenvalue weighted by Gasteiger charge is -2.14. The van der Waals surface area contributed by atoms with Crippen LogP contribution >= 0.6 is 47.8 Å². The van der Waals surface area contributed by atoms with E-state index in [1.165, 1.54) is 4.68 Å². The highest BCUT2D eigenvalue weighted by Crippen LogP contribution is 2.37. The zero-order valence-electron chi connectivity index (χ0n) is 21.5. The van der Waals surface area contributed by atoms with E-state index in [0.717, 1.165) is 19.9 Å². The molecule has 4 aromatic carbocycles. The lowest BCUT2D eigenvalue weighted by Crippen LogP contribution is -2.20. The second-order valence-corrected chi connectivity index (χ2v) is 11.7. The maximum Gasteiger partial charge on any atom is 0.282 e. The number of halogens is 3. The van der Waals surface area contributed by atoms with Crippen LogP contribution in [0, 0.1) is 0 Å². The minimum atomic E-state index is -0.316. The third-order valence-corrected chi connectivity index (χ3v) is 7.93. The van der Waals surface area contributed by atoms with Gasteiger partial charge in [-0.2, -0.15) is 9.78 Å². The Balaban J connectivity index is 1.39. The molecule has 0 aliphatic heterocycles. The molecule has 0 N–H and O–H groups in total. The standard InChI is InChI=1S/C31H20Br3N3O4/c1-39-27-13-19(12-24(34)29(27)40-17-18-6-8-21(32)9-7-18)16-35-37-30(36-25-5-3-2-4-23(25)31(37)38)28-15-20-14-22(33)10-11-26(20)41-28/h2-16H,17H2,1H3. The summed E-state index contributed by atoms with van der Waals surface area (Å²) in [7, 11) is 1.57. The molecule has 0 aliphatic carbocycles. The van der Waals surface area contributed by atoms with Crippen LogP contribution in [0.5, 0.6) is 11.5 Å². The van der Waals surface area contributed by atoms with Crippen LogP contribution in [0.25, 0.3) is 33.5 Å². The second kappa shape index (κ2) is 11.6. The molecule has 2 aromatic heterocycles. The highest BCUT2D eigenvalue weighted by Gasteiger charge is 2.17. The van der Waals surface area contributed by atoms with Gasteiger partial charge in [0.05, 0.1) is 28.7 Å². The van der Waals surface area contributed by atoms with E-state index in [1.807, 2.05) is 60.7 Å². The minimum absolute atomic E-state index is 0.290. The molecule has 0 saturated heterocycles. The van der Waals surface area contributed by atoms with Crippen molar-refractivity contribution in [1.29, 1.82) is 0 Å². The summed E-state index contributed by atoms with van der Waals surface area (Å²) >= 11 is 10.5. The molecule has 0 unspecified atom stereocenters. The van der Waals surface area contributed by atoms with Crippen molar-refractivity contribution in [2.75, 3.05) is 7.11 Å². The molecular weight excluding hydrogens is 718 g/mol. The van der Waals surface area contributed by atoms with Crippen LogP contribution in [-0.4, -0.2) is 23.0 Å². The first kappa shape index (κ1) is 27.4.